The molecule has 0 aromatic heterocycles. The molecule has 0 aliphatic rings. The normalized spacial score (nSPS) is 11.4. The molecule has 0 atom stereocenters. The van der Waals surface area contributed by atoms with Gasteiger partial charge in [0.05, 0.1) is 159 Å². The summed E-state index contributed by atoms with van der Waals surface area (Å²) in [4.78, 5) is 11.5. The molecule has 0 rings (SSSR count). The molecule has 14 nitrogen and oxygen atoms in total. The Bertz CT molecular complexity index is 594. The Kier molecular flexibility index (Phi) is 43.5. The van der Waals surface area contributed by atoms with Crippen LogP contribution in [0, 0.1) is 0 Å². The molecule has 15 heteroatoms. The van der Waals surface area contributed by atoms with Crippen molar-refractivity contribution in [1.29, 1.82) is 0 Å². The van der Waals surface area contributed by atoms with Crippen LogP contribution in [0.5, 0.6) is 0 Å². The highest BCUT2D eigenvalue weighted by molar-refractivity contribution is 14.1. The van der Waals surface area contributed by atoms with Gasteiger partial charge in [0.1, 0.15) is 6.61 Å². The Morgan fingerprint density at radius 3 is 0.830 bits per heavy atom. The van der Waals surface area contributed by atoms with Gasteiger partial charge < -0.3 is 61.6 Å². The Hall–Kier alpha value is -0.280. The molecule has 282 valence electrons. The van der Waals surface area contributed by atoms with Gasteiger partial charge in [0, 0.05) is 10.8 Å². The number of hydrogen-bond donors (Lipinski definition) is 0. The number of esters is 1. The Morgan fingerprint density at radius 2 is 0.596 bits per heavy atom. The minimum atomic E-state index is -0.160. The van der Waals surface area contributed by atoms with E-state index in [-0.39, 0.29) is 12.6 Å². The summed E-state index contributed by atoms with van der Waals surface area (Å²) in [5.74, 6) is -0.160. The molecule has 47 heavy (non-hydrogen) atoms. The van der Waals surface area contributed by atoms with Crippen LogP contribution in [0.1, 0.15) is 32.6 Å². The molecule has 0 bridgehead atoms. The highest BCUT2D eigenvalue weighted by Crippen LogP contribution is 2.00. The molecule has 0 unspecified atom stereocenters. The van der Waals surface area contributed by atoms with Gasteiger partial charge in [-0.15, -0.1) is 0 Å². The fourth-order valence-electron chi connectivity index (χ4n) is 3.38. The van der Waals surface area contributed by atoms with Gasteiger partial charge in [-0.25, -0.2) is 0 Å². The first-order chi connectivity index (χ1) is 23.3. The Balaban J connectivity index is 3.07. The van der Waals surface area contributed by atoms with Crippen molar-refractivity contribution in [3.8, 4) is 0 Å². The average Bonchev–Trinajstić information content (AvgIpc) is 3.08. The first-order valence-electron chi connectivity index (χ1n) is 17.0. The summed E-state index contributed by atoms with van der Waals surface area (Å²) in [5.41, 5.74) is 0. The largest absolute Gasteiger partial charge is 0.463 e. The fourth-order valence-corrected chi connectivity index (χ4v) is 3.69. The monoisotopic (exact) mass is 798 g/mol. The lowest BCUT2D eigenvalue weighted by Crippen LogP contribution is -2.15. The number of alkyl halides is 1. The molecule has 0 fully saturated rings. The van der Waals surface area contributed by atoms with E-state index in [1.807, 2.05) is 0 Å². The number of carbonyl (C=O) groups is 1. The first-order valence-corrected chi connectivity index (χ1v) is 18.5. The van der Waals surface area contributed by atoms with Gasteiger partial charge in [0.25, 0.3) is 0 Å². The second kappa shape index (κ2) is 43.7. The SMILES string of the molecule is CCCCCC(=O)OCCOCCOCCOCCOCCOCCOCCOCCOCCOCCOCCOCCOCCI. The quantitative estimate of drug-likeness (QED) is 0.0388. The van der Waals surface area contributed by atoms with Crippen molar-refractivity contribution in [1.82, 2.24) is 0 Å². The zero-order valence-corrected chi connectivity index (χ0v) is 31.0. The maximum Gasteiger partial charge on any atom is 0.305 e. The standard InChI is InChI=1S/C32H63IO14/c1-2-3-4-5-32(34)47-31-30-46-29-28-45-27-26-44-25-24-43-23-22-42-21-20-41-19-18-40-17-16-39-15-14-38-13-12-37-11-10-36-9-8-35-7-6-33/h2-31H2,1H3. The molecule has 0 heterocycles. The number of ether oxygens (including phenoxy) is 13. The third-order valence-corrected chi connectivity index (χ3v) is 6.23. The van der Waals surface area contributed by atoms with Crippen LogP contribution in [0.15, 0.2) is 0 Å². The molecular formula is C32H63IO14. The summed E-state index contributed by atoms with van der Waals surface area (Å²) >= 11 is 2.28. The molecular weight excluding hydrogens is 735 g/mol. The summed E-state index contributed by atoms with van der Waals surface area (Å²) in [6, 6.07) is 0. The molecule has 0 saturated carbocycles. The van der Waals surface area contributed by atoms with E-state index in [1.54, 1.807) is 0 Å². The number of unbranched alkanes of at least 4 members (excludes halogenated alkanes) is 2. The first kappa shape index (κ1) is 46.7. The molecule has 0 N–H and O–H groups in total. The molecule has 0 aliphatic carbocycles. The molecule has 0 spiro atoms. The number of halogens is 1. The van der Waals surface area contributed by atoms with Gasteiger partial charge in [-0.05, 0) is 6.42 Å². The van der Waals surface area contributed by atoms with Crippen LogP contribution < -0.4 is 0 Å². The van der Waals surface area contributed by atoms with Crippen molar-refractivity contribution >= 4 is 28.6 Å². The second-order valence-electron chi connectivity index (χ2n) is 9.72. The number of hydrogen-bond acceptors (Lipinski definition) is 14. The van der Waals surface area contributed by atoms with E-state index in [2.05, 4.69) is 29.5 Å². The van der Waals surface area contributed by atoms with Crippen molar-refractivity contribution in [2.24, 2.45) is 0 Å². The van der Waals surface area contributed by atoms with Gasteiger partial charge in [0.2, 0.25) is 0 Å². The van der Waals surface area contributed by atoms with Gasteiger partial charge in [-0.2, -0.15) is 0 Å². The molecule has 0 radical (unpaired) electrons. The van der Waals surface area contributed by atoms with Crippen LogP contribution in [-0.2, 0) is 66.4 Å². The van der Waals surface area contributed by atoms with E-state index in [1.165, 1.54) is 0 Å². The third kappa shape index (κ3) is 43.7. The van der Waals surface area contributed by atoms with Crippen LogP contribution in [0.2, 0.25) is 0 Å². The summed E-state index contributed by atoms with van der Waals surface area (Å²) in [7, 11) is 0. The third-order valence-electron chi connectivity index (χ3n) is 5.79. The second-order valence-corrected chi connectivity index (χ2v) is 10.8. The van der Waals surface area contributed by atoms with Crippen molar-refractivity contribution in [3.63, 3.8) is 0 Å². The van der Waals surface area contributed by atoms with Crippen molar-refractivity contribution < 1.29 is 66.4 Å². The zero-order valence-electron chi connectivity index (χ0n) is 28.8. The van der Waals surface area contributed by atoms with E-state index in [0.29, 0.717) is 158 Å². The van der Waals surface area contributed by atoms with E-state index in [4.69, 9.17) is 61.6 Å². The van der Waals surface area contributed by atoms with E-state index >= 15 is 0 Å². The topological polar surface area (TPSA) is 137 Å². The lowest BCUT2D eigenvalue weighted by atomic mass is 10.2. The van der Waals surface area contributed by atoms with E-state index in [9.17, 15) is 4.79 Å². The number of rotatable bonds is 42. The van der Waals surface area contributed by atoms with Gasteiger partial charge in [-0.3, -0.25) is 4.79 Å². The lowest BCUT2D eigenvalue weighted by Gasteiger charge is -2.09. The highest BCUT2D eigenvalue weighted by Gasteiger charge is 2.02. The summed E-state index contributed by atoms with van der Waals surface area (Å²) in [6.07, 6.45) is 3.49. The fraction of sp³-hybridized carbons (Fsp3) is 0.969. The number of carbonyl (C=O) groups excluding carboxylic acids is 1. The Morgan fingerprint density at radius 1 is 0.362 bits per heavy atom. The van der Waals surface area contributed by atoms with Crippen LogP contribution in [0.25, 0.3) is 0 Å². The maximum absolute atomic E-state index is 11.5. The average molecular weight is 799 g/mol. The van der Waals surface area contributed by atoms with E-state index in [0.717, 1.165) is 30.3 Å². The molecule has 0 aromatic carbocycles. The predicted octanol–water partition coefficient (Wildman–Crippen LogP) is 2.74. The summed E-state index contributed by atoms with van der Waals surface area (Å²) < 4.78 is 71.4. The Labute approximate surface area is 296 Å². The summed E-state index contributed by atoms with van der Waals surface area (Å²) in [6.45, 7) is 14.9. The van der Waals surface area contributed by atoms with Crippen molar-refractivity contribution in [3.05, 3.63) is 0 Å². The minimum absolute atomic E-state index is 0.160. The summed E-state index contributed by atoms with van der Waals surface area (Å²) in [5, 5.41) is 0. The smallest absolute Gasteiger partial charge is 0.305 e. The van der Waals surface area contributed by atoms with Crippen LogP contribution in [0.4, 0.5) is 0 Å². The molecule has 0 amide bonds. The van der Waals surface area contributed by atoms with Crippen LogP contribution in [-0.4, -0.2) is 176 Å². The van der Waals surface area contributed by atoms with Crippen LogP contribution >= 0.6 is 22.6 Å². The molecule has 0 saturated heterocycles. The van der Waals surface area contributed by atoms with Crippen molar-refractivity contribution in [2.75, 3.05) is 170 Å². The predicted molar refractivity (Wildman–Crippen MR) is 184 cm³/mol. The minimum Gasteiger partial charge on any atom is -0.463 e. The van der Waals surface area contributed by atoms with Crippen molar-refractivity contribution in [2.45, 2.75) is 32.6 Å². The van der Waals surface area contributed by atoms with E-state index < -0.39 is 0 Å². The molecule has 0 aliphatic heterocycles. The van der Waals surface area contributed by atoms with Crippen LogP contribution in [0.3, 0.4) is 0 Å². The highest BCUT2D eigenvalue weighted by atomic mass is 127. The molecule has 0 aromatic rings. The zero-order chi connectivity index (χ0) is 34.0. The maximum atomic E-state index is 11.5. The lowest BCUT2D eigenvalue weighted by molar-refractivity contribution is -0.145. The van der Waals surface area contributed by atoms with Gasteiger partial charge >= 0.3 is 5.97 Å². The van der Waals surface area contributed by atoms with Gasteiger partial charge in [-0.1, -0.05) is 42.4 Å². The van der Waals surface area contributed by atoms with Gasteiger partial charge in [0.15, 0.2) is 0 Å².